The second-order valence-corrected chi connectivity index (χ2v) is 13.2. The molecule has 1 aliphatic heterocycles. The number of piperidine rings is 1. The highest BCUT2D eigenvalue weighted by atomic mass is 32.2. The summed E-state index contributed by atoms with van der Waals surface area (Å²) < 4.78 is 110. The standard InChI is InChI=1S/C24H26F4N2O6S2.CH4/c1-37(32,33)29-23(31)20-12-19(16-2-3-16)22(13-21(20)25)36-14-15-8-10-30(11-9-15)38(34,35)18-6-4-17(5-7-18)24(26,27)28;/h4-7,12-13,15-16H,2-3,8-11,14H2,1H3,(H,29,31);1H4. The number of carbonyl (C=O) groups excluding carboxylic acids is 1. The van der Waals surface area contributed by atoms with Crippen molar-refractivity contribution >= 4 is 26.0 Å². The van der Waals surface area contributed by atoms with E-state index in [1.54, 1.807) is 4.72 Å². The molecule has 0 aromatic heterocycles. The van der Waals surface area contributed by atoms with E-state index in [0.29, 0.717) is 18.4 Å². The quantitative estimate of drug-likeness (QED) is 0.450. The molecule has 4 rings (SSSR count). The van der Waals surface area contributed by atoms with Crippen LogP contribution in [0.4, 0.5) is 17.6 Å². The largest absolute Gasteiger partial charge is 0.493 e. The van der Waals surface area contributed by atoms with E-state index >= 15 is 0 Å². The second kappa shape index (κ2) is 11.4. The lowest BCUT2D eigenvalue weighted by Gasteiger charge is -2.31. The van der Waals surface area contributed by atoms with Gasteiger partial charge in [0.2, 0.25) is 20.0 Å². The van der Waals surface area contributed by atoms with Crippen LogP contribution < -0.4 is 9.46 Å². The summed E-state index contributed by atoms with van der Waals surface area (Å²) in [6, 6.07) is 5.74. The lowest BCUT2D eigenvalue weighted by atomic mass is 9.99. The van der Waals surface area contributed by atoms with Gasteiger partial charge >= 0.3 is 6.18 Å². The summed E-state index contributed by atoms with van der Waals surface area (Å²) in [5, 5.41) is 0. The fourth-order valence-corrected chi connectivity index (χ4v) is 6.21. The molecular weight excluding hydrogens is 564 g/mol. The van der Waals surface area contributed by atoms with Crippen LogP contribution in [0.1, 0.15) is 60.5 Å². The Hall–Kier alpha value is -2.71. The Morgan fingerprint density at radius 1 is 1.03 bits per heavy atom. The van der Waals surface area contributed by atoms with E-state index in [9.17, 15) is 39.2 Å². The van der Waals surface area contributed by atoms with Gasteiger partial charge in [-0.3, -0.25) is 4.79 Å². The highest BCUT2D eigenvalue weighted by Crippen LogP contribution is 2.45. The topological polar surface area (TPSA) is 110 Å². The van der Waals surface area contributed by atoms with E-state index in [0.717, 1.165) is 49.4 Å². The van der Waals surface area contributed by atoms with Crippen molar-refractivity contribution in [1.29, 1.82) is 0 Å². The molecule has 0 spiro atoms. The van der Waals surface area contributed by atoms with E-state index in [2.05, 4.69) is 0 Å². The van der Waals surface area contributed by atoms with Crippen LogP contribution in [0, 0.1) is 11.7 Å². The van der Waals surface area contributed by atoms with Crippen molar-refractivity contribution in [1.82, 2.24) is 9.03 Å². The van der Waals surface area contributed by atoms with Crippen molar-refractivity contribution < 1.29 is 43.9 Å². The van der Waals surface area contributed by atoms with Crippen LogP contribution >= 0.6 is 0 Å². The monoisotopic (exact) mass is 594 g/mol. The summed E-state index contributed by atoms with van der Waals surface area (Å²) in [5.41, 5.74) is -0.725. The van der Waals surface area contributed by atoms with Gasteiger partial charge in [0.15, 0.2) is 0 Å². The molecule has 216 valence electrons. The highest BCUT2D eigenvalue weighted by molar-refractivity contribution is 7.89. The lowest BCUT2D eigenvalue weighted by molar-refractivity contribution is -0.137. The minimum absolute atomic E-state index is 0. The predicted octanol–water partition coefficient (Wildman–Crippen LogP) is 4.53. The SMILES string of the molecule is C.CS(=O)(=O)NC(=O)c1cc(C2CC2)c(OCC2CCN(S(=O)(=O)c3ccc(C(F)(F)F)cc3)CC2)cc1F. The first-order chi connectivity index (χ1) is 17.6. The first-order valence-electron chi connectivity index (χ1n) is 11.8. The molecule has 2 aliphatic rings. The maximum Gasteiger partial charge on any atom is 0.416 e. The Morgan fingerprint density at radius 3 is 2.13 bits per heavy atom. The van der Waals surface area contributed by atoms with Gasteiger partial charge in [-0.1, -0.05) is 7.43 Å². The van der Waals surface area contributed by atoms with E-state index in [1.165, 1.54) is 10.4 Å². The molecule has 8 nitrogen and oxygen atoms in total. The maximum absolute atomic E-state index is 14.7. The van der Waals surface area contributed by atoms with Gasteiger partial charge < -0.3 is 4.74 Å². The zero-order valence-corrected chi connectivity index (χ0v) is 21.9. The van der Waals surface area contributed by atoms with Gasteiger partial charge in [-0.05, 0) is 73.4 Å². The van der Waals surface area contributed by atoms with Gasteiger partial charge in [-0.25, -0.2) is 25.9 Å². The Morgan fingerprint density at radius 2 is 1.62 bits per heavy atom. The fraction of sp³-hybridized carbons (Fsp3) is 0.480. The van der Waals surface area contributed by atoms with Gasteiger partial charge in [-0.15, -0.1) is 0 Å². The Balaban J connectivity index is 0.00000420. The molecule has 0 unspecified atom stereocenters. The van der Waals surface area contributed by atoms with Crippen LogP contribution in [0.25, 0.3) is 0 Å². The zero-order chi connectivity index (χ0) is 27.9. The van der Waals surface area contributed by atoms with Crippen LogP contribution in [-0.2, 0) is 26.2 Å². The molecule has 1 aliphatic carbocycles. The van der Waals surface area contributed by atoms with E-state index in [-0.39, 0.29) is 49.6 Å². The zero-order valence-electron chi connectivity index (χ0n) is 20.3. The molecule has 0 radical (unpaired) electrons. The summed E-state index contributed by atoms with van der Waals surface area (Å²) in [7, 11) is -7.83. The third-order valence-electron chi connectivity index (χ3n) is 6.51. The molecule has 1 N–H and O–H groups in total. The van der Waals surface area contributed by atoms with E-state index < -0.39 is 49.1 Å². The van der Waals surface area contributed by atoms with E-state index in [4.69, 9.17) is 4.74 Å². The lowest BCUT2D eigenvalue weighted by Crippen LogP contribution is -2.39. The van der Waals surface area contributed by atoms with Crippen LogP contribution in [-0.4, -0.2) is 53.0 Å². The smallest absolute Gasteiger partial charge is 0.416 e. The maximum atomic E-state index is 14.7. The number of benzene rings is 2. The predicted molar refractivity (Wildman–Crippen MR) is 136 cm³/mol. The Bertz CT molecular complexity index is 1420. The number of halogens is 4. The number of sulfonamides is 2. The summed E-state index contributed by atoms with van der Waals surface area (Å²) in [5.74, 6) is -1.74. The molecule has 2 aromatic rings. The summed E-state index contributed by atoms with van der Waals surface area (Å²) >= 11 is 0. The Kier molecular flexibility index (Phi) is 9.02. The van der Waals surface area contributed by atoms with Crippen LogP contribution in [0.15, 0.2) is 41.3 Å². The van der Waals surface area contributed by atoms with E-state index in [1.807, 2.05) is 0 Å². The number of ether oxygens (including phenoxy) is 1. The van der Waals surface area contributed by atoms with Crippen molar-refractivity contribution in [3.8, 4) is 5.75 Å². The molecule has 1 saturated carbocycles. The molecule has 1 saturated heterocycles. The van der Waals surface area contributed by atoms with Gasteiger partial charge in [0.1, 0.15) is 11.6 Å². The molecule has 0 atom stereocenters. The van der Waals surface area contributed by atoms with Crippen molar-refractivity contribution in [2.75, 3.05) is 26.0 Å². The van der Waals surface area contributed by atoms with Crippen LogP contribution in [0.2, 0.25) is 0 Å². The molecule has 0 bridgehead atoms. The van der Waals surface area contributed by atoms with Gasteiger partial charge in [-0.2, -0.15) is 17.5 Å². The van der Waals surface area contributed by atoms with Crippen LogP contribution in [0.5, 0.6) is 5.75 Å². The molecule has 1 heterocycles. The molecule has 1 amide bonds. The Labute approximate surface area is 225 Å². The van der Waals surface area contributed by atoms with Gasteiger partial charge in [0.25, 0.3) is 5.91 Å². The highest BCUT2D eigenvalue weighted by Gasteiger charge is 2.34. The number of amides is 1. The summed E-state index contributed by atoms with van der Waals surface area (Å²) in [6.45, 7) is 0.458. The number of hydrogen-bond donors (Lipinski definition) is 1. The minimum Gasteiger partial charge on any atom is -0.493 e. The van der Waals surface area contributed by atoms with Crippen molar-refractivity contribution in [3.63, 3.8) is 0 Å². The normalized spacial score (nSPS) is 17.4. The molecule has 14 heteroatoms. The van der Waals surface area contributed by atoms with Crippen molar-refractivity contribution in [2.45, 2.75) is 50.1 Å². The first kappa shape index (κ1) is 30.8. The molecule has 2 aromatic carbocycles. The van der Waals surface area contributed by atoms with Gasteiger partial charge in [0, 0.05) is 19.2 Å². The average Bonchev–Trinajstić information content (AvgIpc) is 3.67. The number of carbonyl (C=O) groups is 1. The molecule has 2 fully saturated rings. The minimum atomic E-state index is -4.56. The first-order valence-corrected chi connectivity index (χ1v) is 15.1. The van der Waals surface area contributed by atoms with Crippen molar-refractivity contribution in [2.24, 2.45) is 5.92 Å². The van der Waals surface area contributed by atoms with Gasteiger partial charge in [0.05, 0.1) is 28.9 Å². The second-order valence-electron chi connectivity index (χ2n) is 9.53. The number of alkyl halides is 3. The third-order valence-corrected chi connectivity index (χ3v) is 8.98. The average molecular weight is 595 g/mol. The number of hydrogen-bond acceptors (Lipinski definition) is 6. The van der Waals surface area contributed by atoms with Crippen LogP contribution in [0.3, 0.4) is 0 Å². The number of nitrogens with one attached hydrogen (secondary N) is 1. The third kappa shape index (κ3) is 7.48. The number of nitrogens with zero attached hydrogens (tertiary/aromatic N) is 1. The number of rotatable bonds is 8. The summed E-state index contributed by atoms with van der Waals surface area (Å²) in [4.78, 5) is 12.0. The van der Waals surface area contributed by atoms with Crippen molar-refractivity contribution in [3.05, 3.63) is 58.9 Å². The molecular formula is C25H30F4N2O6S2. The molecule has 39 heavy (non-hydrogen) atoms. The summed E-state index contributed by atoms with van der Waals surface area (Å²) in [6.07, 6.45) is -1.29. The fourth-order valence-electron chi connectivity index (χ4n) is 4.30.